The Bertz CT molecular complexity index is 1040. The Balaban J connectivity index is 1.85. The van der Waals surface area contributed by atoms with Gasteiger partial charge in [-0.3, -0.25) is 4.79 Å². The van der Waals surface area contributed by atoms with Crippen LogP contribution in [0.5, 0.6) is 17.4 Å². The van der Waals surface area contributed by atoms with Crippen molar-refractivity contribution in [2.75, 3.05) is 11.9 Å². The number of hydrogen-bond donors (Lipinski definition) is 4. The number of amides is 2. The van der Waals surface area contributed by atoms with Crippen molar-refractivity contribution in [2.45, 2.75) is 85.0 Å². The van der Waals surface area contributed by atoms with Crippen LogP contribution in [0.15, 0.2) is 16.7 Å². The third kappa shape index (κ3) is 6.71. The van der Waals surface area contributed by atoms with Crippen LogP contribution in [0.4, 0.5) is 10.5 Å². The molecule has 4 N–H and O–H groups in total. The van der Waals surface area contributed by atoms with E-state index in [0.29, 0.717) is 18.0 Å². The van der Waals surface area contributed by atoms with E-state index in [2.05, 4.69) is 22.7 Å². The minimum absolute atomic E-state index is 0.0381. The highest BCUT2D eigenvalue weighted by Crippen LogP contribution is 2.44. The third-order valence-corrected chi connectivity index (χ3v) is 6.86. The van der Waals surface area contributed by atoms with Crippen molar-refractivity contribution in [3.05, 3.63) is 17.7 Å². The van der Waals surface area contributed by atoms with E-state index in [1.165, 1.54) is 31.7 Å². The maximum Gasteiger partial charge on any atom is 0.414 e. The summed E-state index contributed by atoms with van der Waals surface area (Å²) in [4.78, 5) is 25.3. The van der Waals surface area contributed by atoms with Gasteiger partial charge in [-0.1, -0.05) is 46.5 Å². The van der Waals surface area contributed by atoms with Crippen LogP contribution in [-0.2, 0) is 4.79 Å². The molecule has 1 aliphatic carbocycles. The standard InChI is InChI=1S/C27H39N3O6/c1-5-7-8-9-17-10-12-18(13-11-17)25(33)29-23-24(36-30-26(23)35-27(34)28-6-2)20-14-19(16(3)4)21(31)15-22(20)32/h14-18,31-32H,5-13H2,1-4H3,(H,28,34)(H,29,33)/t17-,18-. The number of nitrogens with zero attached hydrogens (tertiary/aromatic N) is 1. The van der Waals surface area contributed by atoms with Crippen molar-refractivity contribution < 1.29 is 29.1 Å². The summed E-state index contributed by atoms with van der Waals surface area (Å²) in [6.07, 6.45) is 7.75. The van der Waals surface area contributed by atoms with Gasteiger partial charge in [0.15, 0.2) is 11.4 Å². The second-order valence-corrected chi connectivity index (χ2v) is 9.90. The zero-order valence-electron chi connectivity index (χ0n) is 21.7. The summed E-state index contributed by atoms with van der Waals surface area (Å²) in [5.41, 5.74) is 0.890. The SMILES string of the molecule is CCCCC[C@H]1CC[C@H](C(=O)Nc2c(OC(=O)NCC)noc2-c2cc(C(C)C)c(O)cc2O)CC1. The van der Waals surface area contributed by atoms with Gasteiger partial charge in [0.25, 0.3) is 5.88 Å². The molecule has 3 rings (SSSR count). The van der Waals surface area contributed by atoms with E-state index in [1.54, 1.807) is 13.0 Å². The quantitative estimate of drug-likeness (QED) is 0.280. The number of anilines is 1. The van der Waals surface area contributed by atoms with Gasteiger partial charge < -0.3 is 30.1 Å². The summed E-state index contributed by atoms with van der Waals surface area (Å²) in [6.45, 7) is 8.11. The highest BCUT2D eigenvalue weighted by atomic mass is 16.6. The molecule has 0 bridgehead atoms. The highest BCUT2D eigenvalue weighted by molar-refractivity contribution is 5.98. The van der Waals surface area contributed by atoms with Crippen molar-refractivity contribution in [1.82, 2.24) is 10.5 Å². The average molecular weight is 502 g/mol. The average Bonchev–Trinajstić information content (AvgIpc) is 3.21. The van der Waals surface area contributed by atoms with Crippen LogP contribution >= 0.6 is 0 Å². The zero-order chi connectivity index (χ0) is 26.2. The molecule has 1 aromatic carbocycles. The van der Waals surface area contributed by atoms with Gasteiger partial charge >= 0.3 is 6.09 Å². The summed E-state index contributed by atoms with van der Waals surface area (Å²) in [6, 6.07) is 2.81. The maximum absolute atomic E-state index is 13.3. The van der Waals surface area contributed by atoms with Gasteiger partial charge in [-0.2, -0.15) is 0 Å². The number of ether oxygens (including phenoxy) is 1. The lowest BCUT2D eigenvalue weighted by Gasteiger charge is -2.27. The van der Waals surface area contributed by atoms with Gasteiger partial charge in [0.05, 0.1) is 5.56 Å². The topological polar surface area (TPSA) is 134 Å². The molecule has 0 unspecified atom stereocenters. The lowest BCUT2D eigenvalue weighted by molar-refractivity contribution is -0.121. The fourth-order valence-corrected chi connectivity index (χ4v) is 4.77. The molecule has 2 aromatic rings. The number of hydrogen-bond acceptors (Lipinski definition) is 7. The zero-order valence-corrected chi connectivity index (χ0v) is 21.7. The van der Waals surface area contributed by atoms with Crippen LogP contribution in [0, 0.1) is 11.8 Å². The molecule has 1 heterocycles. The molecule has 9 heteroatoms. The number of aromatic hydroxyl groups is 2. The van der Waals surface area contributed by atoms with Crippen LogP contribution < -0.4 is 15.4 Å². The molecule has 0 atom stereocenters. The fraction of sp³-hybridized carbons (Fsp3) is 0.593. The van der Waals surface area contributed by atoms with Crippen molar-refractivity contribution >= 4 is 17.7 Å². The van der Waals surface area contributed by atoms with Crippen molar-refractivity contribution in [2.24, 2.45) is 11.8 Å². The summed E-state index contributed by atoms with van der Waals surface area (Å²) >= 11 is 0. The van der Waals surface area contributed by atoms with Gasteiger partial charge in [0.1, 0.15) is 11.5 Å². The van der Waals surface area contributed by atoms with Crippen molar-refractivity contribution in [1.29, 1.82) is 0 Å². The lowest BCUT2D eigenvalue weighted by Crippen LogP contribution is -2.29. The predicted octanol–water partition coefficient (Wildman–Crippen LogP) is 6.31. The minimum Gasteiger partial charge on any atom is -0.508 e. The van der Waals surface area contributed by atoms with Gasteiger partial charge in [-0.25, -0.2) is 4.79 Å². The van der Waals surface area contributed by atoms with E-state index < -0.39 is 6.09 Å². The molecule has 36 heavy (non-hydrogen) atoms. The molecule has 9 nitrogen and oxygen atoms in total. The normalized spacial score (nSPS) is 17.7. The number of benzene rings is 1. The Hall–Kier alpha value is -3.23. The van der Waals surface area contributed by atoms with Gasteiger partial charge in [0, 0.05) is 18.5 Å². The fourth-order valence-electron chi connectivity index (χ4n) is 4.77. The monoisotopic (exact) mass is 501 g/mol. The van der Waals surface area contributed by atoms with Crippen LogP contribution in [-0.4, -0.2) is 33.9 Å². The molecule has 0 radical (unpaired) electrons. The first-order chi connectivity index (χ1) is 17.2. The van der Waals surface area contributed by atoms with Crippen LogP contribution in [0.25, 0.3) is 11.3 Å². The van der Waals surface area contributed by atoms with E-state index in [4.69, 9.17) is 9.26 Å². The molecule has 1 aromatic heterocycles. The number of carbonyl (C=O) groups is 2. The number of nitrogens with one attached hydrogen (secondary N) is 2. The molecule has 198 valence electrons. The minimum atomic E-state index is -0.738. The Labute approximate surface area is 212 Å². The summed E-state index contributed by atoms with van der Waals surface area (Å²) in [7, 11) is 0. The molecule has 0 spiro atoms. The summed E-state index contributed by atoms with van der Waals surface area (Å²) in [5, 5.41) is 30.0. The number of phenols is 2. The number of rotatable bonds is 10. The van der Waals surface area contributed by atoms with E-state index in [9.17, 15) is 19.8 Å². The first-order valence-electron chi connectivity index (χ1n) is 13.1. The number of unbranched alkanes of at least 4 members (excludes halogenated alkanes) is 2. The largest absolute Gasteiger partial charge is 0.508 e. The number of aromatic nitrogens is 1. The van der Waals surface area contributed by atoms with Crippen molar-refractivity contribution in [3.63, 3.8) is 0 Å². The second kappa shape index (κ2) is 12.6. The summed E-state index contributed by atoms with van der Waals surface area (Å²) in [5.74, 6) is -0.199. The molecular formula is C27H39N3O6. The highest BCUT2D eigenvalue weighted by Gasteiger charge is 2.31. The van der Waals surface area contributed by atoms with E-state index in [1.807, 2.05) is 13.8 Å². The molecule has 1 fully saturated rings. The molecule has 0 aliphatic heterocycles. The number of phenolic OH excluding ortho intramolecular Hbond substituents is 2. The van der Waals surface area contributed by atoms with Crippen LogP contribution in [0.3, 0.4) is 0 Å². The molecule has 1 saturated carbocycles. The Kier molecular flexibility index (Phi) is 9.61. The van der Waals surface area contributed by atoms with Crippen LogP contribution in [0.1, 0.15) is 90.5 Å². The molecule has 1 aliphatic rings. The summed E-state index contributed by atoms with van der Waals surface area (Å²) < 4.78 is 10.8. The Morgan fingerprint density at radius 2 is 1.83 bits per heavy atom. The van der Waals surface area contributed by atoms with Gasteiger partial charge in [0.2, 0.25) is 5.91 Å². The van der Waals surface area contributed by atoms with E-state index in [-0.39, 0.29) is 52.1 Å². The molecular weight excluding hydrogens is 462 g/mol. The van der Waals surface area contributed by atoms with Gasteiger partial charge in [-0.15, -0.1) is 0 Å². The first kappa shape index (κ1) is 27.4. The first-order valence-corrected chi connectivity index (χ1v) is 13.1. The Morgan fingerprint density at radius 1 is 1.11 bits per heavy atom. The van der Waals surface area contributed by atoms with Crippen molar-refractivity contribution in [3.8, 4) is 28.7 Å². The van der Waals surface area contributed by atoms with Gasteiger partial charge in [-0.05, 0) is 61.2 Å². The molecule has 0 saturated heterocycles. The lowest BCUT2D eigenvalue weighted by atomic mass is 9.79. The van der Waals surface area contributed by atoms with E-state index >= 15 is 0 Å². The molecule has 2 amide bonds. The van der Waals surface area contributed by atoms with E-state index in [0.717, 1.165) is 25.7 Å². The second-order valence-electron chi connectivity index (χ2n) is 9.90. The predicted molar refractivity (Wildman–Crippen MR) is 137 cm³/mol. The maximum atomic E-state index is 13.3. The van der Waals surface area contributed by atoms with Crippen LogP contribution in [0.2, 0.25) is 0 Å². The smallest absolute Gasteiger partial charge is 0.414 e. The third-order valence-electron chi connectivity index (χ3n) is 6.86. The Morgan fingerprint density at radius 3 is 2.47 bits per heavy atom. The number of carbonyl (C=O) groups excluding carboxylic acids is 2.